The van der Waals surface area contributed by atoms with Gasteiger partial charge in [-0.05, 0) is 12.5 Å². The van der Waals surface area contributed by atoms with Gasteiger partial charge in [0.15, 0.2) is 0 Å². The summed E-state index contributed by atoms with van der Waals surface area (Å²) in [6.45, 7) is 0. The lowest BCUT2D eigenvalue weighted by molar-refractivity contribution is 0.570. The SMILES string of the molecule is C[SH](C)[C]=O. The van der Waals surface area contributed by atoms with Gasteiger partial charge in [0.1, 0.15) is 0 Å². The zero-order valence-corrected chi connectivity index (χ0v) is 4.25. The topological polar surface area (TPSA) is 17.1 Å². The summed E-state index contributed by atoms with van der Waals surface area (Å²) in [5.74, 6) is 0. The van der Waals surface area contributed by atoms with Gasteiger partial charge in [-0.25, -0.2) is 0 Å². The van der Waals surface area contributed by atoms with Crippen molar-refractivity contribution in [1.29, 1.82) is 0 Å². The first-order chi connectivity index (χ1) is 2.27. The Morgan fingerprint density at radius 3 is 1.80 bits per heavy atom. The van der Waals surface area contributed by atoms with Gasteiger partial charge in [0, 0.05) is 0 Å². The Morgan fingerprint density at radius 2 is 1.80 bits per heavy atom. The summed E-state index contributed by atoms with van der Waals surface area (Å²) in [6, 6.07) is 0. The number of rotatable bonds is 1. The Labute approximate surface area is 34.7 Å². The van der Waals surface area contributed by atoms with Crippen LogP contribution in [0.4, 0.5) is 0 Å². The molecule has 0 spiro atoms. The number of hydrogen-bond acceptors (Lipinski definition) is 1. The molecule has 0 N–H and O–H groups in total. The van der Waals surface area contributed by atoms with Crippen LogP contribution in [0.1, 0.15) is 0 Å². The molecule has 0 rings (SSSR count). The maximum absolute atomic E-state index is 9.41. The molecule has 0 saturated heterocycles. The average molecular weight is 91.2 g/mol. The number of thiol groups is 1. The van der Waals surface area contributed by atoms with Crippen molar-refractivity contribution in [1.82, 2.24) is 0 Å². The molecule has 0 aromatic rings. The second-order valence-electron chi connectivity index (χ2n) is 0.986. The summed E-state index contributed by atoms with van der Waals surface area (Å²) < 4.78 is 0. The maximum atomic E-state index is 9.41. The van der Waals surface area contributed by atoms with Gasteiger partial charge in [-0.1, -0.05) is 0 Å². The van der Waals surface area contributed by atoms with Crippen LogP contribution in [0.2, 0.25) is 0 Å². The molecule has 0 saturated carbocycles. The van der Waals surface area contributed by atoms with Gasteiger partial charge in [0.05, 0.1) is 0 Å². The van der Waals surface area contributed by atoms with Crippen molar-refractivity contribution in [3.05, 3.63) is 0 Å². The Bertz CT molecular complexity index is 33.9. The zero-order chi connectivity index (χ0) is 4.28. The summed E-state index contributed by atoms with van der Waals surface area (Å²) in [4.78, 5) is 9.41. The van der Waals surface area contributed by atoms with Gasteiger partial charge >= 0.3 is 0 Å². The molecule has 5 heavy (non-hydrogen) atoms. The Kier molecular flexibility index (Phi) is 2.28. The maximum Gasteiger partial charge on any atom is 0.244 e. The van der Waals surface area contributed by atoms with Gasteiger partial charge < -0.3 is 0 Å². The number of hydrogen-bond donors (Lipinski definition) is 1. The first-order valence-corrected chi connectivity index (χ1v) is 3.56. The third kappa shape index (κ3) is 4.02. The first kappa shape index (κ1) is 5.02. The molecule has 2 heteroatoms. The van der Waals surface area contributed by atoms with Crippen molar-refractivity contribution in [2.75, 3.05) is 12.5 Å². The molecule has 0 unspecified atom stereocenters. The van der Waals surface area contributed by atoms with E-state index in [0.717, 1.165) is 0 Å². The summed E-state index contributed by atoms with van der Waals surface area (Å²) >= 11 is 0. The van der Waals surface area contributed by atoms with E-state index >= 15 is 0 Å². The van der Waals surface area contributed by atoms with Crippen LogP contribution in [0.15, 0.2) is 0 Å². The lowest BCUT2D eigenvalue weighted by Gasteiger charge is -1.85. The number of carbonyl (C=O) groups excluding carboxylic acids is 1. The molecule has 1 nitrogen and oxygen atoms in total. The van der Waals surface area contributed by atoms with E-state index < -0.39 is 10.9 Å². The van der Waals surface area contributed by atoms with Crippen LogP contribution in [0.3, 0.4) is 0 Å². The third-order valence-corrected chi connectivity index (χ3v) is 0.548. The molecule has 0 aliphatic heterocycles. The predicted molar refractivity (Wildman–Crippen MR) is 26.5 cm³/mol. The molecule has 0 heterocycles. The van der Waals surface area contributed by atoms with Gasteiger partial charge in [-0.2, -0.15) is 10.9 Å². The monoisotopic (exact) mass is 91.0 g/mol. The average Bonchev–Trinajstić information content (AvgIpc) is 1.38. The Hall–Kier alpha value is 0.0200. The molecule has 0 atom stereocenters. The van der Waals surface area contributed by atoms with Crippen molar-refractivity contribution in [2.24, 2.45) is 0 Å². The zero-order valence-electron chi connectivity index (χ0n) is 3.36. The molecule has 0 aromatic heterocycles. The van der Waals surface area contributed by atoms with Gasteiger partial charge in [-0.15, -0.1) is 0 Å². The lowest BCUT2D eigenvalue weighted by atomic mass is 11.8. The second kappa shape index (κ2) is 2.27. The fourth-order valence-corrected chi connectivity index (χ4v) is 0. The third-order valence-electron chi connectivity index (χ3n) is 0.183. The molecule has 0 aliphatic carbocycles. The summed E-state index contributed by atoms with van der Waals surface area (Å²) in [5.41, 5.74) is 1.84. The van der Waals surface area contributed by atoms with Crippen molar-refractivity contribution < 1.29 is 4.79 Å². The normalized spacial score (nSPS) is 10.4. The van der Waals surface area contributed by atoms with Crippen LogP contribution < -0.4 is 0 Å². The van der Waals surface area contributed by atoms with Crippen molar-refractivity contribution in [2.45, 2.75) is 0 Å². The standard InChI is InChI=1S/C3H7OS/c1-5(2)3-4/h5H,1-2H3. The highest BCUT2D eigenvalue weighted by atomic mass is 32.2. The second-order valence-corrected chi connectivity index (χ2v) is 2.96. The highest BCUT2D eigenvalue weighted by Gasteiger charge is 1.74. The molecule has 0 fully saturated rings. The van der Waals surface area contributed by atoms with Crippen LogP contribution in [0, 0.1) is 0 Å². The fourth-order valence-electron chi connectivity index (χ4n) is 0. The largest absolute Gasteiger partial charge is 0.279 e. The molecule has 0 aromatic carbocycles. The predicted octanol–water partition coefficient (Wildman–Crippen LogP) is 0.314. The van der Waals surface area contributed by atoms with Gasteiger partial charge in [0.25, 0.3) is 0 Å². The Balaban J connectivity index is 2.83. The van der Waals surface area contributed by atoms with Crippen LogP contribution in [-0.2, 0) is 4.79 Å². The molecule has 0 aliphatic rings. The fraction of sp³-hybridized carbons (Fsp3) is 0.667. The van der Waals surface area contributed by atoms with E-state index in [0.29, 0.717) is 0 Å². The smallest absolute Gasteiger partial charge is 0.244 e. The van der Waals surface area contributed by atoms with E-state index in [1.165, 1.54) is 0 Å². The molecule has 0 amide bonds. The molecular formula is C3H7OS. The van der Waals surface area contributed by atoms with Gasteiger partial charge in [0.2, 0.25) is 5.62 Å². The Morgan fingerprint density at radius 1 is 1.60 bits per heavy atom. The highest BCUT2D eigenvalue weighted by molar-refractivity contribution is 8.27. The van der Waals surface area contributed by atoms with Crippen molar-refractivity contribution in [3.8, 4) is 0 Å². The first-order valence-electron chi connectivity index (χ1n) is 1.32. The molecule has 1 radical (unpaired) electrons. The molecule has 0 bridgehead atoms. The summed E-state index contributed by atoms with van der Waals surface area (Å²) in [7, 11) is -0.404. The van der Waals surface area contributed by atoms with E-state index in [2.05, 4.69) is 0 Å². The summed E-state index contributed by atoms with van der Waals surface area (Å²) in [5, 5.41) is 0. The van der Waals surface area contributed by atoms with E-state index in [-0.39, 0.29) is 0 Å². The van der Waals surface area contributed by atoms with Crippen LogP contribution in [0.5, 0.6) is 0 Å². The minimum atomic E-state index is -0.404. The van der Waals surface area contributed by atoms with Gasteiger partial charge in [-0.3, -0.25) is 4.79 Å². The van der Waals surface area contributed by atoms with Crippen LogP contribution in [0.25, 0.3) is 0 Å². The lowest BCUT2D eigenvalue weighted by Crippen LogP contribution is -1.66. The van der Waals surface area contributed by atoms with E-state index in [4.69, 9.17) is 0 Å². The van der Waals surface area contributed by atoms with Crippen molar-refractivity contribution in [3.63, 3.8) is 0 Å². The summed E-state index contributed by atoms with van der Waals surface area (Å²) in [6.07, 6.45) is 3.73. The highest BCUT2D eigenvalue weighted by Crippen LogP contribution is 2.03. The van der Waals surface area contributed by atoms with E-state index in [9.17, 15) is 4.79 Å². The molecular weight excluding hydrogens is 84.1 g/mol. The molecule has 31 valence electrons. The quantitative estimate of drug-likeness (QED) is 0.460. The van der Waals surface area contributed by atoms with E-state index in [1.807, 2.05) is 18.1 Å². The minimum Gasteiger partial charge on any atom is -0.279 e. The van der Waals surface area contributed by atoms with E-state index in [1.54, 1.807) is 0 Å². The minimum absolute atomic E-state index is 0.404. The van der Waals surface area contributed by atoms with Crippen LogP contribution >= 0.6 is 10.9 Å². The van der Waals surface area contributed by atoms with Crippen molar-refractivity contribution >= 4 is 16.5 Å². The van der Waals surface area contributed by atoms with Crippen LogP contribution in [-0.4, -0.2) is 18.1 Å².